The summed E-state index contributed by atoms with van der Waals surface area (Å²) in [6.45, 7) is 6.23. The van der Waals surface area contributed by atoms with Crippen molar-refractivity contribution in [3.8, 4) is 5.75 Å². The second-order valence-corrected chi connectivity index (χ2v) is 11.8. The minimum Gasteiger partial charge on any atom is -0.486 e. The molecule has 3 fully saturated rings. The zero-order valence-electron chi connectivity index (χ0n) is 20.4. The van der Waals surface area contributed by atoms with Crippen molar-refractivity contribution >= 4 is 15.9 Å². The van der Waals surface area contributed by atoms with Crippen molar-refractivity contribution in [2.75, 3.05) is 40.0 Å². The quantitative estimate of drug-likeness (QED) is 0.581. The van der Waals surface area contributed by atoms with Gasteiger partial charge in [0.25, 0.3) is 5.91 Å². The van der Waals surface area contributed by atoms with E-state index in [-0.39, 0.29) is 29.4 Å². The summed E-state index contributed by atoms with van der Waals surface area (Å²) < 4.78 is 44.8. The van der Waals surface area contributed by atoms with E-state index in [9.17, 15) is 13.2 Å². The Morgan fingerprint density at radius 1 is 1.11 bits per heavy atom. The van der Waals surface area contributed by atoms with Crippen LogP contribution < -0.4 is 4.74 Å². The molecule has 3 saturated heterocycles. The van der Waals surface area contributed by atoms with Gasteiger partial charge < -0.3 is 19.1 Å². The second kappa shape index (κ2) is 9.20. The highest BCUT2D eigenvalue weighted by molar-refractivity contribution is 7.88. The van der Waals surface area contributed by atoms with Gasteiger partial charge in [-0.2, -0.15) is 4.31 Å². The van der Waals surface area contributed by atoms with Gasteiger partial charge in [0.15, 0.2) is 0 Å². The van der Waals surface area contributed by atoms with E-state index in [4.69, 9.17) is 14.2 Å². The predicted octanol–water partition coefficient (Wildman–Crippen LogP) is 2.53. The van der Waals surface area contributed by atoms with Gasteiger partial charge in [-0.3, -0.25) is 4.79 Å². The van der Waals surface area contributed by atoms with Crippen molar-refractivity contribution in [1.29, 1.82) is 0 Å². The maximum Gasteiger partial charge on any atom is 0.254 e. The second-order valence-electron chi connectivity index (χ2n) is 9.90. The molecule has 3 aliphatic heterocycles. The Hall–Kier alpha value is -2.46. The van der Waals surface area contributed by atoms with Crippen molar-refractivity contribution < 1.29 is 27.4 Å². The van der Waals surface area contributed by atoms with Crippen LogP contribution in [-0.2, 0) is 25.2 Å². The van der Waals surface area contributed by atoms with Crippen LogP contribution in [0.5, 0.6) is 5.75 Å². The molecule has 0 unspecified atom stereocenters. The molecular formula is C26H32N2O6S. The number of hydrogen-bond acceptors (Lipinski definition) is 6. The minimum atomic E-state index is -3.44. The normalized spacial score (nSPS) is 23.7. The Balaban J connectivity index is 1.27. The highest BCUT2D eigenvalue weighted by atomic mass is 32.2. The van der Waals surface area contributed by atoms with Gasteiger partial charge in [-0.25, -0.2) is 8.42 Å². The van der Waals surface area contributed by atoms with Crippen LogP contribution >= 0.6 is 0 Å². The summed E-state index contributed by atoms with van der Waals surface area (Å²) in [5, 5.41) is 0. The molecule has 8 nitrogen and oxygen atoms in total. The Labute approximate surface area is 206 Å². The van der Waals surface area contributed by atoms with Gasteiger partial charge in [0.1, 0.15) is 18.0 Å². The lowest BCUT2D eigenvalue weighted by atomic mass is 9.86. The third kappa shape index (κ3) is 4.58. The van der Waals surface area contributed by atoms with Gasteiger partial charge in [0.2, 0.25) is 10.0 Å². The average Bonchev–Trinajstić information content (AvgIpc) is 3.15. The lowest BCUT2D eigenvalue weighted by Crippen LogP contribution is -2.71. The van der Waals surface area contributed by atoms with Crippen molar-refractivity contribution in [3.05, 3.63) is 64.7 Å². The first kappa shape index (κ1) is 24.2. The summed E-state index contributed by atoms with van der Waals surface area (Å²) in [5.74, 6) is 0.445. The van der Waals surface area contributed by atoms with Crippen molar-refractivity contribution in [2.24, 2.45) is 0 Å². The van der Waals surface area contributed by atoms with E-state index >= 15 is 0 Å². The van der Waals surface area contributed by atoms with Gasteiger partial charge in [-0.05, 0) is 49.6 Å². The molecule has 188 valence electrons. The number of hydrogen-bond donors (Lipinski definition) is 0. The molecule has 9 heteroatoms. The molecule has 0 aromatic heterocycles. The predicted molar refractivity (Wildman–Crippen MR) is 131 cm³/mol. The average molecular weight is 501 g/mol. The van der Waals surface area contributed by atoms with E-state index in [0.29, 0.717) is 49.7 Å². The zero-order chi connectivity index (χ0) is 24.8. The standard InChI is InChI=1S/C26H32N2O6S/c1-18-7-8-19(2)22(11-18)25(29)27-13-23(32-3)24(14-27)34-21-6-4-5-20(12-21)15-35(30,31)28-10-9-26(28)16-33-17-26/h4-8,11-12,23-24H,9-10,13-17H2,1-3H3/t23-,24-/m1/s1. The third-order valence-electron chi connectivity index (χ3n) is 7.35. The van der Waals surface area contributed by atoms with Crippen LogP contribution in [0.1, 0.15) is 33.5 Å². The number of methoxy groups -OCH3 is 1. The number of rotatable bonds is 7. The van der Waals surface area contributed by atoms with E-state index < -0.39 is 10.0 Å². The lowest BCUT2D eigenvalue weighted by molar-refractivity contribution is -0.156. The van der Waals surface area contributed by atoms with Crippen LogP contribution in [-0.4, -0.2) is 81.2 Å². The number of carbonyl (C=O) groups is 1. The molecule has 0 N–H and O–H groups in total. The number of likely N-dealkylation sites (tertiary alicyclic amines) is 1. The fraction of sp³-hybridized carbons (Fsp3) is 0.500. The molecule has 0 aliphatic carbocycles. The van der Waals surface area contributed by atoms with Gasteiger partial charge in [0.05, 0.1) is 37.6 Å². The first-order valence-corrected chi connectivity index (χ1v) is 13.5. The van der Waals surface area contributed by atoms with Crippen LogP contribution in [0.4, 0.5) is 0 Å². The van der Waals surface area contributed by atoms with Gasteiger partial charge in [0, 0.05) is 19.2 Å². The number of ether oxygens (including phenoxy) is 3. The van der Waals surface area contributed by atoms with Crippen LogP contribution in [0.3, 0.4) is 0 Å². The monoisotopic (exact) mass is 500 g/mol. The highest BCUT2D eigenvalue weighted by Gasteiger charge is 2.55. The summed E-state index contributed by atoms with van der Waals surface area (Å²) in [6, 6.07) is 13.0. The summed E-state index contributed by atoms with van der Waals surface area (Å²) in [5.41, 5.74) is 3.00. The number of sulfonamides is 1. The summed E-state index contributed by atoms with van der Waals surface area (Å²) in [7, 11) is -1.83. The molecule has 3 heterocycles. The highest BCUT2D eigenvalue weighted by Crippen LogP contribution is 2.40. The SMILES string of the molecule is CO[C@@H]1CN(C(=O)c2cc(C)ccc2C)C[C@H]1Oc1cccc(CS(=O)(=O)N2CCC23COC3)c1. The molecule has 2 aromatic rings. The Kier molecular flexibility index (Phi) is 6.37. The molecular weight excluding hydrogens is 468 g/mol. The van der Waals surface area contributed by atoms with Gasteiger partial charge in [-0.15, -0.1) is 0 Å². The van der Waals surface area contributed by atoms with Crippen LogP contribution in [0.25, 0.3) is 0 Å². The van der Waals surface area contributed by atoms with E-state index in [1.165, 1.54) is 0 Å². The largest absolute Gasteiger partial charge is 0.486 e. The molecule has 1 spiro atoms. The fourth-order valence-electron chi connectivity index (χ4n) is 5.14. The van der Waals surface area contributed by atoms with Crippen molar-refractivity contribution in [2.45, 2.75) is 43.8 Å². The number of aryl methyl sites for hydroxylation is 2. The molecule has 2 atom stereocenters. The molecule has 0 radical (unpaired) electrons. The molecule has 3 aliphatic rings. The smallest absolute Gasteiger partial charge is 0.254 e. The molecule has 2 aromatic carbocycles. The van der Waals surface area contributed by atoms with E-state index in [0.717, 1.165) is 17.5 Å². The van der Waals surface area contributed by atoms with Crippen molar-refractivity contribution in [1.82, 2.24) is 9.21 Å². The van der Waals surface area contributed by atoms with Crippen LogP contribution in [0, 0.1) is 13.8 Å². The minimum absolute atomic E-state index is 0.0392. The lowest BCUT2D eigenvalue weighted by Gasteiger charge is -2.56. The Bertz CT molecular complexity index is 1220. The van der Waals surface area contributed by atoms with E-state index in [1.54, 1.807) is 34.5 Å². The molecule has 0 saturated carbocycles. The van der Waals surface area contributed by atoms with E-state index in [1.807, 2.05) is 38.1 Å². The summed E-state index contributed by atoms with van der Waals surface area (Å²) >= 11 is 0. The Morgan fingerprint density at radius 2 is 1.89 bits per heavy atom. The van der Waals surface area contributed by atoms with Crippen LogP contribution in [0.2, 0.25) is 0 Å². The number of nitrogens with zero attached hydrogens (tertiary/aromatic N) is 2. The first-order valence-electron chi connectivity index (χ1n) is 11.9. The molecule has 35 heavy (non-hydrogen) atoms. The molecule has 1 amide bonds. The maximum absolute atomic E-state index is 13.2. The maximum atomic E-state index is 13.2. The van der Waals surface area contributed by atoms with Gasteiger partial charge in [-0.1, -0.05) is 29.8 Å². The summed E-state index contributed by atoms with van der Waals surface area (Å²) in [4.78, 5) is 15.0. The fourth-order valence-corrected chi connectivity index (χ4v) is 7.05. The molecule has 0 bridgehead atoms. The summed E-state index contributed by atoms with van der Waals surface area (Å²) in [6.07, 6.45) is 0.218. The number of carbonyl (C=O) groups excluding carboxylic acids is 1. The Morgan fingerprint density at radius 3 is 2.54 bits per heavy atom. The third-order valence-corrected chi connectivity index (χ3v) is 9.29. The van der Waals surface area contributed by atoms with Crippen molar-refractivity contribution in [3.63, 3.8) is 0 Å². The first-order chi connectivity index (χ1) is 16.7. The molecule has 5 rings (SSSR count). The topological polar surface area (TPSA) is 85.4 Å². The zero-order valence-corrected chi connectivity index (χ0v) is 21.2. The van der Waals surface area contributed by atoms with Gasteiger partial charge >= 0.3 is 0 Å². The van der Waals surface area contributed by atoms with E-state index in [2.05, 4.69) is 0 Å². The van der Waals surface area contributed by atoms with Crippen LogP contribution in [0.15, 0.2) is 42.5 Å². The number of benzene rings is 2. The number of amides is 1.